The van der Waals surface area contributed by atoms with Gasteiger partial charge in [-0.2, -0.15) is 10.4 Å². The number of methoxy groups -OCH3 is 1. The van der Waals surface area contributed by atoms with Crippen LogP contribution < -0.4 is 15.4 Å². The quantitative estimate of drug-likeness (QED) is 0.510. The van der Waals surface area contributed by atoms with Gasteiger partial charge in [-0.1, -0.05) is 0 Å². The van der Waals surface area contributed by atoms with Crippen LogP contribution in [-0.2, 0) is 9.53 Å². The minimum atomic E-state index is -0.441. The van der Waals surface area contributed by atoms with Gasteiger partial charge in [-0.25, -0.2) is 9.50 Å². The van der Waals surface area contributed by atoms with Crippen LogP contribution in [0.2, 0.25) is 0 Å². The molecule has 9 heteroatoms. The summed E-state index contributed by atoms with van der Waals surface area (Å²) in [5.74, 6) is 1.23. The normalized spacial score (nSPS) is 11.2. The molecule has 0 aliphatic heterocycles. The molecule has 0 aliphatic rings. The van der Waals surface area contributed by atoms with E-state index >= 15 is 0 Å². The van der Waals surface area contributed by atoms with E-state index in [1.165, 1.54) is 13.1 Å². The predicted octanol–water partition coefficient (Wildman–Crippen LogP) is 2.62. The molecule has 0 aromatic carbocycles. The number of nitrogens with zero attached hydrogens (tertiary/aromatic N) is 4. The maximum Gasteiger partial charge on any atom is 0.216 e. The summed E-state index contributed by atoms with van der Waals surface area (Å²) in [4.78, 5) is 15.4. The largest absolute Gasteiger partial charge is 0.489 e. The molecule has 3 aromatic heterocycles. The van der Waals surface area contributed by atoms with Gasteiger partial charge < -0.3 is 20.1 Å². The highest BCUT2D eigenvalue weighted by molar-refractivity contribution is 5.85. The number of rotatable bonds is 9. The lowest BCUT2D eigenvalue weighted by molar-refractivity contribution is -0.118. The molecule has 9 nitrogen and oxygen atoms in total. The van der Waals surface area contributed by atoms with Gasteiger partial charge in [0.25, 0.3) is 0 Å². The Kier molecular flexibility index (Phi) is 6.72. The Morgan fingerprint density at radius 2 is 2.10 bits per heavy atom. The first-order valence-electron chi connectivity index (χ1n) is 9.87. The summed E-state index contributed by atoms with van der Waals surface area (Å²) in [7, 11) is 1.64. The van der Waals surface area contributed by atoms with Crippen LogP contribution in [0.4, 0.5) is 5.82 Å². The molecule has 0 fully saturated rings. The third-order valence-electron chi connectivity index (χ3n) is 4.73. The lowest BCUT2D eigenvalue weighted by Gasteiger charge is -2.23. The second-order valence-electron chi connectivity index (χ2n) is 7.65. The fourth-order valence-corrected chi connectivity index (χ4v) is 2.88. The molecule has 1 amide bonds. The van der Waals surface area contributed by atoms with Gasteiger partial charge in [-0.3, -0.25) is 4.79 Å². The lowest BCUT2D eigenvalue weighted by atomic mass is 10.1. The van der Waals surface area contributed by atoms with E-state index in [4.69, 9.17) is 9.47 Å². The van der Waals surface area contributed by atoms with Gasteiger partial charge in [0.2, 0.25) is 5.91 Å². The Bertz CT molecular complexity index is 1100. The summed E-state index contributed by atoms with van der Waals surface area (Å²) < 4.78 is 13.0. The molecule has 2 N–H and O–H groups in total. The first-order valence-corrected chi connectivity index (χ1v) is 9.87. The van der Waals surface area contributed by atoms with Gasteiger partial charge in [0.05, 0.1) is 29.1 Å². The van der Waals surface area contributed by atoms with Crippen LogP contribution in [0, 0.1) is 11.3 Å². The molecule has 0 unspecified atom stereocenters. The van der Waals surface area contributed by atoms with E-state index in [1.807, 2.05) is 32.0 Å². The fraction of sp³-hybridized carbons (Fsp3) is 0.364. The average Bonchev–Trinajstić information content (AvgIpc) is 3.18. The average molecular weight is 422 g/mol. The molecule has 3 heterocycles. The summed E-state index contributed by atoms with van der Waals surface area (Å²) in [5.41, 5.74) is 2.33. The highest BCUT2D eigenvalue weighted by Gasteiger charge is 2.19. The van der Waals surface area contributed by atoms with Gasteiger partial charge in [0, 0.05) is 44.4 Å². The number of anilines is 1. The number of carbonyl (C=O) groups is 1. The SMILES string of the molecule is COC(C)(C)COc1cc(-c2ccc(NCCNC(C)=O)nc2)c2c(C#N)cnn2c1. The van der Waals surface area contributed by atoms with E-state index in [-0.39, 0.29) is 5.91 Å². The Labute approximate surface area is 181 Å². The maximum absolute atomic E-state index is 10.9. The van der Waals surface area contributed by atoms with Gasteiger partial charge in [0.15, 0.2) is 0 Å². The van der Waals surface area contributed by atoms with Crippen LogP contribution in [0.15, 0.2) is 36.8 Å². The van der Waals surface area contributed by atoms with Crippen molar-refractivity contribution in [3.05, 3.63) is 42.4 Å². The number of pyridine rings is 2. The van der Waals surface area contributed by atoms with Gasteiger partial charge in [-0.05, 0) is 32.0 Å². The third kappa shape index (κ3) is 5.49. The smallest absolute Gasteiger partial charge is 0.216 e. The fourth-order valence-electron chi connectivity index (χ4n) is 2.88. The first-order chi connectivity index (χ1) is 14.8. The van der Waals surface area contributed by atoms with Crippen LogP contribution in [0.3, 0.4) is 0 Å². The molecule has 0 aliphatic carbocycles. The van der Waals surface area contributed by atoms with Gasteiger partial charge in [0.1, 0.15) is 24.2 Å². The lowest BCUT2D eigenvalue weighted by Crippen LogP contribution is -2.30. The van der Waals surface area contributed by atoms with Crippen molar-refractivity contribution in [1.82, 2.24) is 19.9 Å². The predicted molar refractivity (Wildman–Crippen MR) is 117 cm³/mol. The van der Waals surface area contributed by atoms with Crippen molar-refractivity contribution in [2.75, 3.05) is 32.1 Å². The summed E-state index contributed by atoms with van der Waals surface area (Å²) in [6, 6.07) is 7.84. The van der Waals surface area contributed by atoms with Crippen molar-refractivity contribution in [3.63, 3.8) is 0 Å². The van der Waals surface area contributed by atoms with Crippen molar-refractivity contribution in [3.8, 4) is 22.9 Å². The zero-order valence-electron chi connectivity index (χ0n) is 18.1. The third-order valence-corrected chi connectivity index (χ3v) is 4.73. The summed E-state index contributed by atoms with van der Waals surface area (Å²) in [6.07, 6.45) is 5.01. The van der Waals surface area contributed by atoms with E-state index in [9.17, 15) is 10.1 Å². The summed E-state index contributed by atoms with van der Waals surface area (Å²) in [5, 5.41) is 19.7. The number of ether oxygens (including phenoxy) is 2. The Morgan fingerprint density at radius 1 is 1.29 bits per heavy atom. The number of aromatic nitrogens is 3. The maximum atomic E-state index is 10.9. The molecule has 31 heavy (non-hydrogen) atoms. The second-order valence-corrected chi connectivity index (χ2v) is 7.65. The van der Waals surface area contributed by atoms with E-state index in [0.29, 0.717) is 42.3 Å². The molecule has 0 saturated heterocycles. The minimum absolute atomic E-state index is 0.0702. The molecule has 0 radical (unpaired) electrons. The number of fused-ring (bicyclic) bond motifs is 1. The molecular weight excluding hydrogens is 396 g/mol. The summed E-state index contributed by atoms with van der Waals surface area (Å²) >= 11 is 0. The van der Waals surface area contributed by atoms with Crippen molar-refractivity contribution in [1.29, 1.82) is 5.26 Å². The zero-order valence-corrected chi connectivity index (χ0v) is 18.1. The first kappa shape index (κ1) is 22.1. The zero-order chi connectivity index (χ0) is 22.4. The van der Waals surface area contributed by atoms with E-state index in [2.05, 4.69) is 26.8 Å². The monoisotopic (exact) mass is 422 g/mol. The van der Waals surface area contributed by atoms with Crippen molar-refractivity contribution < 1.29 is 14.3 Å². The van der Waals surface area contributed by atoms with Crippen molar-refractivity contribution in [2.24, 2.45) is 0 Å². The van der Waals surface area contributed by atoms with E-state index in [1.54, 1.807) is 24.0 Å². The molecule has 162 valence electrons. The molecule has 0 atom stereocenters. The standard InChI is InChI=1S/C22H26N6O3/c1-15(29)24-7-8-25-20-6-5-16(11-26-20)19-9-18(31-14-22(2,3)30-4)13-28-21(19)17(10-23)12-27-28/h5-6,9,11-13H,7-8,14H2,1-4H3,(H,24,29)(H,25,26). The molecule has 0 saturated carbocycles. The topological polar surface area (TPSA) is 114 Å². The van der Waals surface area contributed by atoms with Crippen LogP contribution in [0.5, 0.6) is 5.75 Å². The Balaban J connectivity index is 1.88. The van der Waals surface area contributed by atoms with Crippen LogP contribution in [0.25, 0.3) is 16.6 Å². The highest BCUT2D eigenvalue weighted by atomic mass is 16.5. The Morgan fingerprint density at radius 3 is 2.74 bits per heavy atom. The minimum Gasteiger partial charge on any atom is -0.489 e. The van der Waals surface area contributed by atoms with E-state index < -0.39 is 5.60 Å². The molecular formula is C22H26N6O3. The van der Waals surface area contributed by atoms with Crippen LogP contribution in [0.1, 0.15) is 26.3 Å². The van der Waals surface area contributed by atoms with Crippen molar-refractivity contribution in [2.45, 2.75) is 26.4 Å². The number of amides is 1. The van der Waals surface area contributed by atoms with Gasteiger partial charge >= 0.3 is 0 Å². The Hall–Kier alpha value is -3.64. The molecule has 0 spiro atoms. The number of nitrogens with one attached hydrogen (secondary N) is 2. The van der Waals surface area contributed by atoms with Crippen LogP contribution in [-0.4, -0.2) is 52.9 Å². The van der Waals surface area contributed by atoms with Crippen LogP contribution >= 0.6 is 0 Å². The highest BCUT2D eigenvalue weighted by Crippen LogP contribution is 2.31. The van der Waals surface area contributed by atoms with E-state index in [0.717, 1.165) is 11.1 Å². The second kappa shape index (κ2) is 9.45. The number of carbonyl (C=O) groups excluding carboxylic acids is 1. The number of nitriles is 1. The number of hydrogen-bond acceptors (Lipinski definition) is 7. The molecule has 0 bridgehead atoms. The molecule has 3 aromatic rings. The molecule has 3 rings (SSSR count). The summed E-state index contributed by atoms with van der Waals surface area (Å²) in [6.45, 7) is 6.80. The van der Waals surface area contributed by atoms with Crippen molar-refractivity contribution >= 4 is 17.2 Å². The van der Waals surface area contributed by atoms with Gasteiger partial charge in [-0.15, -0.1) is 0 Å². The number of hydrogen-bond donors (Lipinski definition) is 2.